The smallest absolute Gasteiger partial charge is 0.123 e. The molecule has 0 bridgehead atoms. The van der Waals surface area contributed by atoms with E-state index < -0.39 is 0 Å². The van der Waals surface area contributed by atoms with Gasteiger partial charge in [-0.3, -0.25) is 0 Å². The molecule has 1 nitrogen and oxygen atoms in total. The maximum atomic E-state index is 13.3. The molecule has 0 heterocycles. The number of rotatable bonds is 6. The molecule has 0 aliphatic heterocycles. The van der Waals surface area contributed by atoms with Gasteiger partial charge in [0.2, 0.25) is 0 Å². The Morgan fingerprint density at radius 2 is 1.84 bits per heavy atom. The molecule has 1 atom stereocenters. The van der Waals surface area contributed by atoms with Crippen LogP contribution in [0.25, 0.3) is 0 Å². The molecule has 0 amide bonds. The Balaban J connectivity index is 2.14. The highest BCUT2D eigenvalue weighted by atomic mass is 19.1. The maximum Gasteiger partial charge on any atom is 0.123 e. The van der Waals surface area contributed by atoms with Crippen molar-refractivity contribution in [3.8, 4) is 0 Å². The van der Waals surface area contributed by atoms with Gasteiger partial charge in [-0.05, 0) is 36.2 Å². The van der Waals surface area contributed by atoms with Crippen molar-refractivity contribution in [3.63, 3.8) is 0 Å². The number of likely N-dealkylation sites (N-methyl/N-ethyl adjacent to an activating group) is 1. The monoisotopic (exact) mass is 257 g/mol. The van der Waals surface area contributed by atoms with Gasteiger partial charge in [-0.15, -0.1) is 0 Å². The molecule has 1 unspecified atom stereocenters. The van der Waals surface area contributed by atoms with Crippen LogP contribution in [-0.4, -0.2) is 13.1 Å². The second-order valence-corrected chi connectivity index (χ2v) is 4.75. The van der Waals surface area contributed by atoms with Crippen LogP contribution in [0, 0.1) is 5.82 Å². The van der Waals surface area contributed by atoms with Crippen LogP contribution >= 0.6 is 0 Å². The second-order valence-electron chi connectivity index (χ2n) is 4.75. The van der Waals surface area contributed by atoms with Gasteiger partial charge in [-0.25, -0.2) is 4.39 Å². The molecule has 0 spiro atoms. The Morgan fingerprint density at radius 3 is 2.53 bits per heavy atom. The van der Waals surface area contributed by atoms with E-state index in [1.54, 1.807) is 12.1 Å². The lowest BCUT2D eigenvalue weighted by atomic mass is 9.92. The van der Waals surface area contributed by atoms with Crippen molar-refractivity contribution < 1.29 is 4.39 Å². The SMILES string of the molecule is CCNCC(Cc1cccc(F)c1)c1ccccc1. The van der Waals surface area contributed by atoms with Gasteiger partial charge in [0.05, 0.1) is 0 Å². The molecule has 0 aromatic heterocycles. The third kappa shape index (κ3) is 4.18. The standard InChI is InChI=1S/C17H20FN/c1-2-19-13-16(15-8-4-3-5-9-15)11-14-7-6-10-17(18)12-14/h3-10,12,16,19H,2,11,13H2,1H3. The highest BCUT2D eigenvalue weighted by Crippen LogP contribution is 2.20. The van der Waals surface area contributed by atoms with Crippen LogP contribution in [0.3, 0.4) is 0 Å². The van der Waals surface area contributed by atoms with Crippen molar-refractivity contribution in [2.75, 3.05) is 13.1 Å². The van der Waals surface area contributed by atoms with E-state index in [9.17, 15) is 4.39 Å². The molecule has 2 aromatic rings. The Bertz CT molecular complexity index is 496. The average Bonchev–Trinajstić information content (AvgIpc) is 2.44. The summed E-state index contributed by atoms with van der Waals surface area (Å²) >= 11 is 0. The normalized spacial score (nSPS) is 12.3. The average molecular weight is 257 g/mol. The zero-order valence-corrected chi connectivity index (χ0v) is 11.3. The molecular formula is C17H20FN. The molecular weight excluding hydrogens is 237 g/mol. The zero-order valence-electron chi connectivity index (χ0n) is 11.3. The summed E-state index contributed by atoms with van der Waals surface area (Å²) in [5.74, 6) is 0.218. The van der Waals surface area contributed by atoms with E-state index in [-0.39, 0.29) is 5.82 Å². The third-order valence-corrected chi connectivity index (χ3v) is 3.28. The molecule has 19 heavy (non-hydrogen) atoms. The Labute approximate surface area is 114 Å². The molecule has 2 rings (SSSR count). The Hall–Kier alpha value is -1.67. The minimum absolute atomic E-state index is 0.159. The number of hydrogen-bond donors (Lipinski definition) is 1. The summed E-state index contributed by atoms with van der Waals surface area (Å²) in [6.45, 7) is 3.97. The number of nitrogens with one attached hydrogen (secondary N) is 1. The van der Waals surface area contributed by atoms with Crippen LogP contribution in [0.2, 0.25) is 0 Å². The molecule has 2 aromatic carbocycles. The van der Waals surface area contributed by atoms with Crippen molar-refractivity contribution >= 4 is 0 Å². The number of halogens is 1. The number of hydrogen-bond acceptors (Lipinski definition) is 1. The first-order valence-corrected chi connectivity index (χ1v) is 6.79. The molecule has 0 fully saturated rings. The maximum absolute atomic E-state index is 13.3. The largest absolute Gasteiger partial charge is 0.316 e. The lowest BCUT2D eigenvalue weighted by Crippen LogP contribution is -2.22. The topological polar surface area (TPSA) is 12.0 Å². The molecule has 0 saturated heterocycles. The predicted molar refractivity (Wildman–Crippen MR) is 77.8 cm³/mol. The minimum Gasteiger partial charge on any atom is -0.316 e. The van der Waals surface area contributed by atoms with Crippen molar-refractivity contribution in [2.45, 2.75) is 19.3 Å². The molecule has 0 aliphatic rings. The summed E-state index contributed by atoms with van der Waals surface area (Å²) in [4.78, 5) is 0. The van der Waals surface area contributed by atoms with Gasteiger partial charge in [-0.2, -0.15) is 0 Å². The van der Waals surface area contributed by atoms with Crippen molar-refractivity contribution in [2.24, 2.45) is 0 Å². The van der Waals surface area contributed by atoms with Gasteiger partial charge >= 0.3 is 0 Å². The van der Waals surface area contributed by atoms with E-state index in [4.69, 9.17) is 0 Å². The predicted octanol–water partition coefficient (Wildman–Crippen LogP) is 3.76. The summed E-state index contributed by atoms with van der Waals surface area (Å²) in [5.41, 5.74) is 2.35. The molecule has 2 heteroatoms. The quantitative estimate of drug-likeness (QED) is 0.830. The second kappa shape index (κ2) is 7.05. The van der Waals surface area contributed by atoms with E-state index in [2.05, 4.69) is 36.5 Å². The van der Waals surface area contributed by atoms with Crippen LogP contribution in [0.1, 0.15) is 24.0 Å². The molecule has 0 radical (unpaired) electrons. The highest BCUT2D eigenvalue weighted by Gasteiger charge is 2.12. The van der Waals surface area contributed by atoms with Crippen LogP contribution in [0.15, 0.2) is 54.6 Å². The van der Waals surface area contributed by atoms with Crippen LogP contribution < -0.4 is 5.32 Å². The van der Waals surface area contributed by atoms with Crippen LogP contribution in [0.4, 0.5) is 4.39 Å². The molecule has 0 saturated carbocycles. The van der Waals surface area contributed by atoms with E-state index >= 15 is 0 Å². The summed E-state index contributed by atoms with van der Waals surface area (Å²) in [6, 6.07) is 17.3. The first-order chi connectivity index (χ1) is 9.29. The highest BCUT2D eigenvalue weighted by molar-refractivity contribution is 5.25. The fourth-order valence-electron chi connectivity index (χ4n) is 2.30. The molecule has 100 valence electrons. The van der Waals surface area contributed by atoms with Gasteiger partial charge in [0.25, 0.3) is 0 Å². The summed E-state index contributed by atoms with van der Waals surface area (Å²) in [6.07, 6.45) is 0.856. The Morgan fingerprint density at radius 1 is 1.05 bits per heavy atom. The van der Waals surface area contributed by atoms with E-state index in [1.165, 1.54) is 11.6 Å². The van der Waals surface area contributed by atoms with E-state index in [1.807, 2.05) is 12.1 Å². The molecule has 0 aliphatic carbocycles. The van der Waals surface area contributed by atoms with Crippen LogP contribution in [0.5, 0.6) is 0 Å². The van der Waals surface area contributed by atoms with Crippen molar-refractivity contribution in [3.05, 3.63) is 71.5 Å². The van der Waals surface area contributed by atoms with Gasteiger partial charge in [0.15, 0.2) is 0 Å². The molecule has 1 N–H and O–H groups in total. The number of benzene rings is 2. The fraction of sp³-hybridized carbons (Fsp3) is 0.294. The van der Waals surface area contributed by atoms with E-state index in [0.29, 0.717) is 5.92 Å². The van der Waals surface area contributed by atoms with Gasteiger partial charge in [-0.1, -0.05) is 49.4 Å². The zero-order chi connectivity index (χ0) is 13.5. The fourth-order valence-corrected chi connectivity index (χ4v) is 2.30. The first-order valence-electron chi connectivity index (χ1n) is 6.79. The van der Waals surface area contributed by atoms with Crippen LogP contribution in [-0.2, 0) is 6.42 Å². The lowest BCUT2D eigenvalue weighted by molar-refractivity contribution is 0.588. The van der Waals surface area contributed by atoms with Gasteiger partial charge < -0.3 is 5.32 Å². The first kappa shape index (κ1) is 13.8. The van der Waals surface area contributed by atoms with Gasteiger partial charge in [0, 0.05) is 12.5 Å². The summed E-state index contributed by atoms with van der Waals surface area (Å²) in [5, 5.41) is 3.39. The third-order valence-electron chi connectivity index (χ3n) is 3.28. The lowest BCUT2D eigenvalue weighted by Gasteiger charge is -2.18. The van der Waals surface area contributed by atoms with Crippen molar-refractivity contribution in [1.29, 1.82) is 0 Å². The summed E-state index contributed by atoms with van der Waals surface area (Å²) < 4.78 is 13.3. The Kier molecular flexibility index (Phi) is 5.10. The van der Waals surface area contributed by atoms with Crippen molar-refractivity contribution in [1.82, 2.24) is 5.32 Å². The minimum atomic E-state index is -0.159. The van der Waals surface area contributed by atoms with Gasteiger partial charge in [0.1, 0.15) is 5.82 Å². The summed E-state index contributed by atoms with van der Waals surface area (Å²) in [7, 11) is 0. The van der Waals surface area contributed by atoms with E-state index in [0.717, 1.165) is 25.1 Å².